The van der Waals surface area contributed by atoms with Crippen LogP contribution in [0.4, 0.5) is 22.0 Å². The minimum atomic E-state index is -0.326. The van der Waals surface area contributed by atoms with E-state index in [2.05, 4.69) is 25.5 Å². The summed E-state index contributed by atoms with van der Waals surface area (Å²) in [6, 6.07) is 12.7. The van der Waals surface area contributed by atoms with E-state index in [9.17, 15) is 4.79 Å². The summed E-state index contributed by atoms with van der Waals surface area (Å²) in [5.41, 5.74) is 4.04. The molecule has 1 fully saturated rings. The molecule has 0 unspecified atom stereocenters. The molecular formula is C23H24ClN5O. The maximum absolute atomic E-state index is 12.5. The molecule has 0 bridgehead atoms. The van der Waals surface area contributed by atoms with Gasteiger partial charge in [0.1, 0.15) is 5.69 Å². The molecule has 0 spiro atoms. The molecule has 2 amide bonds. The first-order valence-electron chi connectivity index (χ1n) is 10.1. The molecule has 2 heterocycles. The smallest absolute Gasteiger partial charge is 0.323 e. The molecule has 154 valence electrons. The van der Waals surface area contributed by atoms with Crippen molar-refractivity contribution in [2.45, 2.75) is 26.2 Å². The van der Waals surface area contributed by atoms with Crippen LogP contribution in [0.25, 0.3) is 11.3 Å². The summed E-state index contributed by atoms with van der Waals surface area (Å²) in [5, 5.41) is 6.32. The Morgan fingerprint density at radius 3 is 2.63 bits per heavy atom. The lowest BCUT2D eigenvalue weighted by molar-refractivity contribution is 0.262. The fourth-order valence-corrected chi connectivity index (χ4v) is 3.80. The van der Waals surface area contributed by atoms with E-state index < -0.39 is 0 Å². The van der Waals surface area contributed by atoms with E-state index >= 15 is 0 Å². The number of aryl methyl sites for hydroxylation is 1. The highest BCUT2D eigenvalue weighted by Gasteiger charge is 2.18. The van der Waals surface area contributed by atoms with Gasteiger partial charge >= 0.3 is 6.03 Å². The van der Waals surface area contributed by atoms with Crippen molar-refractivity contribution in [3.05, 3.63) is 65.4 Å². The van der Waals surface area contributed by atoms with Crippen LogP contribution in [0.15, 0.2) is 54.9 Å². The lowest BCUT2D eigenvalue weighted by Gasteiger charge is -2.28. The van der Waals surface area contributed by atoms with Crippen molar-refractivity contribution in [2.75, 3.05) is 28.6 Å². The summed E-state index contributed by atoms with van der Waals surface area (Å²) >= 11 is 6.04. The van der Waals surface area contributed by atoms with Crippen molar-refractivity contribution in [3.8, 4) is 11.3 Å². The molecule has 6 nitrogen and oxygen atoms in total. The third-order valence-electron chi connectivity index (χ3n) is 5.18. The number of rotatable bonds is 4. The molecule has 3 aromatic rings. The van der Waals surface area contributed by atoms with Gasteiger partial charge in [-0.3, -0.25) is 4.98 Å². The Balaban J connectivity index is 1.53. The lowest BCUT2D eigenvalue weighted by atomic mass is 10.1. The first-order valence-corrected chi connectivity index (χ1v) is 10.5. The van der Waals surface area contributed by atoms with Crippen molar-refractivity contribution in [1.29, 1.82) is 0 Å². The Kier molecular flexibility index (Phi) is 6.14. The van der Waals surface area contributed by atoms with Gasteiger partial charge in [-0.05, 0) is 56.0 Å². The number of amides is 2. The number of halogens is 1. The van der Waals surface area contributed by atoms with Crippen LogP contribution in [0.1, 0.15) is 24.8 Å². The van der Waals surface area contributed by atoms with Gasteiger partial charge in [0.2, 0.25) is 0 Å². The highest BCUT2D eigenvalue weighted by atomic mass is 35.5. The first kappa shape index (κ1) is 20.2. The number of benzene rings is 2. The van der Waals surface area contributed by atoms with Gasteiger partial charge in [0.05, 0.1) is 0 Å². The van der Waals surface area contributed by atoms with Crippen LogP contribution in [-0.4, -0.2) is 29.1 Å². The maximum Gasteiger partial charge on any atom is 0.323 e. The number of carbonyl (C=O) groups is 1. The van der Waals surface area contributed by atoms with Crippen molar-refractivity contribution in [2.24, 2.45) is 0 Å². The van der Waals surface area contributed by atoms with Gasteiger partial charge in [-0.15, -0.1) is 0 Å². The van der Waals surface area contributed by atoms with E-state index in [-0.39, 0.29) is 6.03 Å². The van der Waals surface area contributed by atoms with Crippen LogP contribution in [0.5, 0.6) is 0 Å². The van der Waals surface area contributed by atoms with E-state index in [0.717, 1.165) is 35.7 Å². The Bertz CT molecular complexity index is 1050. The number of hydrogen-bond donors (Lipinski definition) is 2. The monoisotopic (exact) mass is 421 g/mol. The molecule has 0 saturated carbocycles. The average Bonchev–Trinajstić information content (AvgIpc) is 2.77. The zero-order valence-electron chi connectivity index (χ0n) is 16.9. The molecular weight excluding hydrogens is 398 g/mol. The minimum Gasteiger partial charge on any atom is -0.355 e. The van der Waals surface area contributed by atoms with E-state index in [0.29, 0.717) is 16.4 Å². The second-order valence-corrected chi connectivity index (χ2v) is 7.83. The number of nitrogens with one attached hydrogen (secondary N) is 2. The van der Waals surface area contributed by atoms with Crippen LogP contribution in [-0.2, 0) is 0 Å². The number of carbonyl (C=O) groups excluding carboxylic acids is 1. The van der Waals surface area contributed by atoms with Crippen LogP contribution in [0, 0.1) is 6.92 Å². The maximum atomic E-state index is 12.5. The van der Waals surface area contributed by atoms with Gasteiger partial charge in [-0.25, -0.2) is 9.78 Å². The summed E-state index contributed by atoms with van der Waals surface area (Å²) in [7, 11) is 0. The molecule has 30 heavy (non-hydrogen) atoms. The number of urea groups is 1. The quantitative estimate of drug-likeness (QED) is 0.563. The van der Waals surface area contributed by atoms with Gasteiger partial charge in [0, 0.05) is 47.4 Å². The largest absolute Gasteiger partial charge is 0.355 e. The van der Waals surface area contributed by atoms with Crippen molar-refractivity contribution in [3.63, 3.8) is 0 Å². The van der Waals surface area contributed by atoms with E-state index in [1.165, 1.54) is 19.3 Å². The molecule has 2 N–H and O–H groups in total. The average molecular weight is 422 g/mol. The van der Waals surface area contributed by atoms with Gasteiger partial charge in [0.25, 0.3) is 0 Å². The molecule has 0 aliphatic carbocycles. The second-order valence-electron chi connectivity index (χ2n) is 7.40. The number of piperidine rings is 1. The SMILES string of the molecule is Cc1ccc(Cl)cc1NC(=O)Nc1cccc(-c2nccnc2N2CCCCC2)c1. The summed E-state index contributed by atoms with van der Waals surface area (Å²) in [4.78, 5) is 24.0. The second kappa shape index (κ2) is 9.13. The van der Waals surface area contributed by atoms with Crippen LogP contribution < -0.4 is 15.5 Å². The number of hydrogen-bond acceptors (Lipinski definition) is 4. The standard InChI is InChI=1S/C23H24ClN5O/c1-16-8-9-18(24)15-20(16)28-23(30)27-19-7-5-6-17(14-19)21-22(26-11-10-25-21)29-12-3-2-4-13-29/h5-11,14-15H,2-4,12-13H2,1H3,(H2,27,28,30). The van der Waals surface area contributed by atoms with Crippen molar-refractivity contribution < 1.29 is 4.79 Å². The van der Waals surface area contributed by atoms with Gasteiger partial charge in [-0.1, -0.05) is 29.8 Å². The molecule has 1 aliphatic rings. The molecule has 0 atom stereocenters. The highest BCUT2D eigenvalue weighted by Crippen LogP contribution is 2.30. The predicted octanol–water partition coefficient (Wildman–Crippen LogP) is 5.74. The van der Waals surface area contributed by atoms with Crippen molar-refractivity contribution in [1.82, 2.24) is 9.97 Å². The van der Waals surface area contributed by atoms with Gasteiger partial charge in [-0.2, -0.15) is 0 Å². The summed E-state index contributed by atoms with van der Waals surface area (Å²) in [5.74, 6) is 0.897. The van der Waals surface area contributed by atoms with Crippen LogP contribution in [0.3, 0.4) is 0 Å². The van der Waals surface area contributed by atoms with E-state index in [1.807, 2.05) is 37.3 Å². The molecule has 7 heteroatoms. The summed E-state index contributed by atoms with van der Waals surface area (Å²) in [6.45, 7) is 3.90. The molecule has 1 aromatic heterocycles. The van der Waals surface area contributed by atoms with E-state index in [1.54, 1.807) is 24.5 Å². The predicted molar refractivity (Wildman–Crippen MR) is 122 cm³/mol. The summed E-state index contributed by atoms with van der Waals surface area (Å²) < 4.78 is 0. The molecule has 4 rings (SSSR count). The van der Waals surface area contributed by atoms with Crippen LogP contribution in [0.2, 0.25) is 5.02 Å². The minimum absolute atomic E-state index is 0.326. The molecule has 1 saturated heterocycles. The lowest BCUT2D eigenvalue weighted by Crippen LogP contribution is -2.30. The number of aromatic nitrogens is 2. The van der Waals surface area contributed by atoms with Crippen molar-refractivity contribution >= 4 is 34.8 Å². The normalized spacial score (nSPS) is 13.7. The summed E-state index contributed by atoms with van der Waals surface area (Å²) in [6.07, 6.45) is 7.03. The fourth-order valence-electron chi connectivity index (χ4n) is 3.63. The Morgan fingerprint density at radius 2 is 1.80 bits per heavy atom. The first-order chi connectivity index (χ1) is 14.6. The Hall–Kier alpha value is -3.12. The third-order valence-corrected chi connectivity index (χ3v) is 5.41. The Morgan fingerprint density at radius 1 is 1.00 bits per heavy atom. The number of nitrogens with zero attached hydrogens (tertiary/aromatic N) is 3. The molecule has 1 aliphatic heterocycles. The molecule has 2 aromatic carbocycles. The van der Waals surface area contributed by atoms with Crippen LogP contribution >= 0.6 is 11.6 Å². The highest BCUT2D eigenvalue weighted by molar-refractivity contribution is 6.31. The zero-order chi connectivity index (χ0) is 20.9. The fraction of sp³-hybridized carbons (Fsp3) is 0.261. The van der Waals surface area contributed by atoms with Gasteiger partial charge < -0.3 is 15.5 Å². The topological polar surface area (TPSA) is 70.1 Å². The third kappa shape index (κ3) is 4.71. The zero-order valence-corrected chi connectivity index (χ0v) is 17.6. The number of anilines is 3. The van der Waals surface area contributed by atoms with Gasteiger partial charge in [0.15, 0.2) is 5.82 Å². The van der Waals surface area contributed by atoms with E-state index in [4.69, 9.17) is 11.6 Å². The Labute approximate surface area is 181 Å². The molecule has 0 radical (unpaired) electrons.